The molecule has 0 spiro atoms. The first-order chi connectivity index (χ1) is 4.68. The Labute approximate surface area is 79.1 Å². The van der Waals surface area contributed by atoms with Gasteiger partial charge in [0.05, 0.1) is 0 Å². The molecule has 0 aliphatic heterocycles. The first kappa shape index (κ1) is 18.2. The summed E-state index contributed by atoms with van der Waals surface area (Å²) < 4.78 is 69.7. The van der Waals surface area contributed by atoms with Crippen LogP contribution < -0.4 is 24.0 Å². The maximum absolute atomic E-state index is 10.4. The van der Waals surface area contributed by atoms with E-state index in [1.54, 1.807) is 0 Å². The largest absolute Gasteiger partial charge is 1.00 e. The molecule has 0 aromatic rings. The van der Waals surface area contributed by atoms with E-state index in [0.717, 1.165) is 0 Å². The third-order valence-electron chi connectivity index (χ3n) is 0.247. The molecule has 12 heavy (non-hydrogen) atoms. The molecule has 70 valence electrons. The first-order valence-electron chi connectivity index (χ1n) is 1.86. The molecule has 1 unspecified atom stereocenters. The standard InChI is InChI=1S/C2HF5.Li.H3NO2S/c3-1(4)2(5,6)7;;1-4(2)3/h1H;;1H2,(H,2,3)/q;+1;/p-1. The Kier molecular flexibility index (Phi) is 12.0. The number of alkyl halides is 5. The second-order valence-corrected chi connectivity index (χ2v) is 1.62. The van der Waals surface area contributed by atoms with Gasteiger partial charge in [-0.2, -0.15) is 13.2 Å². The van der Waals surface area contributed by atoms with Gasteiger partial charge in [0.25, 0.3) is 0 Å². The van der Waals surface area contributed by atoms with Crippen molar-refractivity contribution in [1.82, 2.24) is 0 Å². The molecule has 0 bridgehead atoms. The summed E-state index contributed by atoms with van der Waals surface area (Å²) in [6, 6.07) is 0. The average molecular weight is 207 g/mol. The quantitative estimate of drug-likeness (QED) is 0.272. The van der Waals surface area contributed by atoms with E-state index < -0.39 is 23.9 Å². The smallest absolute Gasteiger partial charge is 0.760 e. The topological polar surface area (TPSA) is 66.2 Å². The van der Waals surface area contributed by atoms with E-state index in [4.69, 9.17) is 8.76 Å². The van der Waals surface area contributed by atoms with E-state index in [-0.39, 0.29) is 18.9 Å². The molecule has 3 nitrogen and oxygen atoms in total. The van der Waals surface area contributed by atoms with Crippen molar-refractivity contribution in [3.8, 4) is 0 Å². The molecule has 0 aliphatic carbocycles. The first-order valence-corrected chi connectivity index (χ1v) is 3.00. The molecule has 2 N–H and O–H groups in total. The van der Waals surface area contributed by atoms with Crippen LogP contribution in [0.15, 0.2) is 0 Å². The van der Waals surface area contributed by atoms with E-state index in [1.165, 1.54) is 0 Å². The minimum atomic E-state index is -5.33. The zero-order valence-electron chi connectivity index (χ0n) is 5.77. The van der Waals surface area contributed by atoms with Crippen LogP contribution in [0.2, 0.25) is 0 Å². The third kappa shape index (κ3) is 22.4. The summed E-state index contributed by atoms with van der Waals surface area (Å²) >= 11 is -2.36. The zero-order chi connectivity index (χ0) is 9.65. The number of hydrogen-bond donors (Lipinski definition) is 1. The fraction of sp³-hybridized carbons (Fsp3) is 1.00. The minimum absolute atomic E-state index is 0. The molecule has 10 heteroatoms. The fourth-order valence-electron chi connectivity index (χ4n) is 0. The Morgan fingerprint density at radius 2 is 1.42 bits per heavy atom. The maximum Gasteiger partial charge on any atom is 1.00 e. The van der Waals surface area contributed by atoms with Gasteiger partial charge in [0, 0.05) is 11.3 Å². The van der Waals surface area contributed by atoms with Crippen LogP contribution in [0, 0.1) is 0 Å². The second kappa shape index (κ2) is 7.94. The van der Waals surface area contributed by atoms with Gasteiger partial charge in [-0.3, -0.25) is 9.35 Å². The number of nitrogens with two attached hydrogens (primary N) is 1. The van der Waals surface area contributed by atoms with Gasteiger partial charge in [0.15, 0.2) is 0 Å². The van der Waals surface area contributed by atoms with Crippen LogP contribution >= 0.6 is 0 Å². The summed E-state index contributed by atoms with van der Waals surface area (Å²) in [5.41, 5.74) is 0. The zero-order valence-corrected chi connectivity index (χ0v) is 6.59. The molecule has 1 atom stereocenters. The molecule has 0 saturated carbocycles. The third-order valence-corrected chi connectivity index (χ3v) is 0.247. The SMILES string of the molecule is FC(F)C(F)(F)F.NS(=O)[O-].[Li+]. The summed E-state index contributed by atoms with van der Waals surface area (Å²) in [6.07, 6.45) is -9.53. The van der Waals surface area contributed by atoms with E-state index in [2.05, 4.69) is 5.14 Å². The van der Waals surface area contributed by atoms with Crippen LogP contribution in [0.3, 0.4) is 0 Å². The molecular weight excluding hydrogens is 204 g/mol. The summed E-state index contributed by atoms with van der Waals surface area (Å²) in [6.45, 7) is 0. The van der Waals surface area contributed by atoms with Gasteiger partial charge < -0.3 is 4.55 Å². The monoisotopic (exact) mass is 207 g/mol. The van der Waals surface area contributed by atoms with E-state index >= 15 is 0 Å². The second-order valence-electron chi connectivity index (χ2n) is 1.10. The Morgan fingerprint density at radius 1 is 1.33 bits per heavy atom. The van der Waals surface area contributed by atoms with Crippen molar-refractivity contribution in [2.24, 2.45) is 5.14 Å². The van der Waals surface area contributed by atoms with Gasteiger partial charge >= 0.3 is 31.5 Å². The molecule has 0 aliphatic rings. The predicted octanol–water partition coefficient (Wildman–Crippen LogP) is -2.44. The van der Waals surface area contributed by atoms with Crippen molar-refractivity contribution >= 4 is 11.3 Å². The molecule has 0 heterocycles. The molecule has 0 aromatic heterocycles. The summed E-state index contributed by atoms with van der Waals surface area (Å²) in [7, 11) is 0. The van der Waals surface area contributed by atoms with E-state index in [9.17, 15) is 22.0 Å². The molecule has 0 saturated heterocycles. The van der Waals surface area contributed by atoms with Gasteiger partial charge in [0.2, 0.25) is 0 Å². The molecule has 0 rings (SSSR count). The molecule has 0 amide bonds. The maximum atomic E-state index is 10.4. The number of hydrogen-bond acceptors (Lipinski definition) is 2. The Balaban J connectivity index is -0.000000142. The van der Waals surface area contributed by atoms with Gasteiger partial charge in [-0.1, -0.05) is 0 Å². The average Bonchev–Trinajstić information content (AvgIpc) is 1.59. The predicted molar refractivity (Wildman–Crippen MR) is 25.2 cm³/mol. The van der Waals surface area contributed by atoms with Crippen LogP contribution in [0.25, 0.3) is 0 Å². The van der Waals surface area contributed by atoms with Gasteiger partial charge in [0.1, 0.15) is 0 Å². The van der Waals surface area contributed by atoms with Crippen molar-refractivity contribution in [2.45, 2.75) is 12.6 Å². The Bertz CT molecular complexity index is 125. The van der Waals surface area contributed by atoms with Gasteiger partial charge in [-0.15, -0.1) is 0 Å². The molecule has 0 fully saturated rings. The van der Waals surface area contributed by atoms with Crippen LogP contribution in [-0.4, -0.2) is 21.4 Å². The summed E-state index contributed by atoms with van der Waals surface area (Å²) in [4.78, 5) is 0. The number of halogens is 5. The fourth-order valence-corrected chi connectivity index (χ4v) is 0. The van der Waals surface area contributed by atoms with E-state index in [0.29, 0.717) is 0 Å². The summed E-state index contributed by atoms with van der Waals surface area (Å²) in [5.74, 6) is 0. The summed E-state index contributed by atoms with van der Waals surface area (Å²) in [5, 5.41) is 4.03. The van der Waals surface area contributed by atoms with Crippen molar-refractivity contribution in [3.05, 3.63) is 0 Å². The minimum Gasteiger partial charge on any atom is -0.760 e. The van der Waals surface area contributed by atoms with Gasteiger partial charge in [-0.05, 0) is 0 Å². The van der Waals surface area contributed by atoms with Crippen molar-refractivity contribution < 1.29 is 49.6 Å². The van der Waals surface area contributed by atoms with Crippen molar-refractivity contribution in [1.29, 1.82) is 0 Å². The Hall–Kier alpha value is 0.317. The number of rotatable bonds is 0. The van der Waals surface area contributed by atoms with Crippen LogP contribution in [-0.2, 0) is 11.3 Å². The molecule has 0 radical (unpaired) electrons. The van der Waals surface area contributed by atoms with Crippen LogP contribution in [0.4, 0.5) is 22.0 Å². The molecule has 0 aromatic carbocycles. The normalized spacial score (nSPS) is 12.7. The van der Waals surface area contributed by atoms with E-state index in [1.807, 2.05) is 0 Å². The molecular formula is C2H3F5LiNO2S. The van der Waals surface area contributed by atoms with Crippen LogP contribution in [0.1, 0.15) is 0 Å². The van der Waals surface area contributed by atoms with Gasteiger partial charge in [-0.25, -0.2) is 8.78 Å². The van der Waals surface area contributed by atoms with Crippen molar-refractivity contribution in [3.63, 3.8) is 0 Å². The van der Waals surface area contributed by atoms with Crippen LogP contribution in [0.5, 0.6) is 0 Å². The van der Waals surface area contributed by atoms with Crippen molar-refractivity contribution in [2.75, 3.05) is 0 Å². The Morgan fingerprint density at radius 3 is 1.42 bits per heavy atom.